The van der Waals surface area contributed by atoms with Crippen LogP contribution in [0.1, 0.15) is 42.0 Å². The van der Waals surface area contributed by atoms with Gasteiger partial charge >= 0.3 is 5.97 Å². The molecule has 1 aliphatic rings. The number of aryl methyl sites for hydroxylation is 2. The molecule has 144 valence electrons. The predicted molar refractivity (Wildman–Crippen MR) is 109 cm³/mol. The summed E-state index contributed by atoms with van der Waals surface area (Å²) < 4.78 is 5.84. The van der Waals surface area contributed by atoms with E-state index in [0.717, 1.165) is 46.8 Å². The number of aromatic nitrogens is 2. The molecule has 0 bridgehead atoms. The zero-order chi connectivity index (χ0) is 19.8. The molecule has 28 heavy (non-hydrogen) atoms. The molecule has 7 heteroatoms. The smallest absolute Gasteiger partial charge is 0.335 e. The summed E-state index contributed by atoms with van der Waals surface area (Å²) in [5.41, 5.74) is 4.62. The lowest BCUT2D eigenvalue weighted by Crippen LogP contribution is -2.18. The lowest BCUT2D eigenvalue weighted by atomic mass is 10.0. The lowest BCUT2D eigenvalue weighted by Gasteiger charge is -2.20. The number of rotatable bonds is 4. The third kappa shape index (κ3) is 3.43. The molecule has 0 fully saturated rings. The van der Waals surface area contributed by atoms with Crippen LogP contribution in [0.5, 0.6) is 5.75 Å². The number of anilines is 1. The molecule has 0 saturated heterocycles. The fourth-order valence-electron chi connectivity index (χ4n) is 3.36. The van der Waals surface area contributed by atoms with E-state index in [-0.39, 0.29) is 11.7 Å². The van der Waals surface area contributed by atoms with Crippen LogP contribution >= 0.6 is 0 Å². The van der Waals surface area contributed by atoms with E-state index >= 15 is 0 Å². The van der Waals surface area contributed by atoms with Gasteiger partial charge in [-0.1, -0.05) is 6.07 Å². The highest BCUT2D eigenvalue weighted by atomic mass is 16.5. The number of nitrogens with zero attached hydrogens (tertiary/aromatic N) is 2. The normalized spacial score (nSPS) is 13.4. The number of aromatic carboxylic acids is 1. The number of benzene rings is 2. The number of hydrogen-bond donors (Lipinski definition) is 3. The van der Waals surface area contributed by atoms with E-state index < -0.39 is 5.97 Å². The van der Waals surface area contributed by atoms with E-state index in [4.69, 9.17) is 9.73 Å². The van der Waals surface area contributed by atoms with E-state index in [2.05, 4.69) is 21.4 Å². The first-order valence-electron chi connectivity index (χ1n) is 9.27. The number of carbonyl (C=O) groups is 1. The molecule has 2 aromatic carbocycles. The molecule has 3 aromatic rings. The van der Waals surface area contributed by atoms with Crippen molar-refractivity contribution in [2.24, 2.45) is 4.99 Å². The number of aliphatic imine (C=N–C) groups is 1. The number of fused-ring (bicyclic) bond motifs is 3. The number of hydrogen-bond acceptors (Lipinski definition) is 5. The van der Waals surface area contributed by atoms with Crippen LogP contribution < -0.4 is 10.1 Å². The zero-order valence-electron chi connectivity index (χ0n) is 16.0. The van der Waals surface area contributed by atoms with Crippen LogP contribution in [-0.2, 0) is 6.42 Å². The molecular formula is C21H22N4O3. The van der Waals surface area contributed by atoms with Crippen molar-refractivity contribution in [3.05, 3.63) is 47.3 Å². The number of imidazole rings is 1. The maximum absolute atomic E-state index is 11.4. The number of carboxylic acids is 1. The molecule has 4 rings (SSSR count). The largest absolute Gasteiger partial charge is 0.489 e. The summed E-state index contributed by atoms with van der Waals surface area (Å²) in [5.74, 6) is 1.23. The van der Waals surface area contributed by atoms with Crippen LogP contribution in [0, 0.1) is 6.92 Å². The third-order valence-corrected chi connectivity index (χ3v) is 4.58. The molecule has 0 amide bonds. The second-order valence-corrected chi connectivity index (χ2v) is 7.16. The molecule has 1 aliphatic heterocycles. The second kappa shape index (κ2) is 6.99. The summed E-state index contributed by atoms with van der Waals surface area (Å²) in [6.45, 7) is 5.78. The summed E-state index contributed by atoms with van der Waals surface area (Å²) in [6, 6.07) is 8.91. The van der Waals surface area contributed by atoms with Gasteiger partial charge in [-0.05, 0) is 57.0 Å². The maximum Gasteiger partial charge on any atom is 0.335 e. The average Bonchev–Trinajstić information content (AvgIpc) is 3.03. The summed E-state index contributed by atoms with van der Waals surface area (Å²) >= 11 is 0. The minimum Gasteiger partial charge on any atom is -0.489 e. The van der Waals surface area contributed by atoms with Crippen LogP contribution in [0.3, 0.4) is 0 Å². The van der Waals surface area contributed by atoms with E-state index in [0.29, 0.717) is 11.4 Å². The molecule has 2 heterocycles. The first-order valence-corrected chi connectivity index (χ1v) is 9.27. The first kappa shape index (κ1) is 18.0. The van der Waals surface area contributed by atoms with Gasteiger partial charge in [0.1, 0.15) is 22.9 Å². The van der Waals surface area contributed by atoms with Gasteiger partial charge in [0.05, 0.1) is 28.6 Å². The Kier molecular flexibility index (Phi) is 4.50. The molecule has 7 nitrogen and oxygen atoms in total. The summed E-state index contributed by atoms with van der Waals surface area (Å²) in [5, 5.41) is 12.6. The number of carboxylic acid groups (broad SMARTS) is 1. The molecule has 0 unspecified atom stereocenters. The van der Waals surface area contributed by atoms with Gasteiger partial charge in [-0.25, -0.2) is 14.8 Å². The van der Waals surface area contributed by atoms with Gasteiger partial charge in [0, 0.05) is 6.42 Å². The standard InChI is InChI=1S/C21H22N4O3/c1-11(2)28-17-8-5-14(21(26)27)10-16(17)24-18-9-6-13-4-7-15-20(19(13)25-18)23-12(3)22-15/h4-5,7-8,10-11H,6,9H2,1-3H3,(H,22,23)(H,24,25)(H,26,27). The molecule has 0 aliphatic carbocycles. The third-order valence-electron chi connectivity index (χ3n) is 4.58. The van der Waals surface area contributed by atoms with E-state index in [1.54, 1.807) is 18.2 Å². The van der Waals surface area contributed by atoms with Crippen LogP contribution in [0.25, 0.3) is 11.0 Å². The highest BCUT2D eigenvalue weighted by molar-refractivity contribution is 6.03. The van der Waals surface area contributed by atoms with Gasteiger partial charge in [0.25, 0.3) is 0 Å². The van der Waals surface area contributed by atoms with E-state index in [9.17, 15) is 9.90 Å². The summed E-state index contributed by atoms with van der Waals surface area (Å²) in [7, 11) is 0. The SMILES string of the molecule is Cc1nc2c3c(ccc2[nH]1)CCC(Nc1cc(C(=O)O)ccc1OC(C)C)=N3. The molecule has 0 radical (unpaired) electrons. The Hall–Kier alpha value is -3.35. The minimum atomic E-state index is -0.983. The van der Waals surface area contributed by atoms with Gasteiger partial charge in [-0.3, -0.25) is 0 Å². The quantitative estimate of drug-likeness (QED) is 0.623. The fourth-order valence-corrected chi connectivity index (χ4v) is 3.36. The number of aromatic amines is 1. The van der Waals surface area contributed by atoms with Crippen molar-refractivity contribution in [2.75, 3.05) is 5.32 Å². The Morgan fingerprint density at radius 2 is 2.07 bits per heavy atom. The van der Waals surface area contributed by atoms with Crippen molar-refractivity contribution in [2.45, 2.75) is 39.7 Å². The van der Waals surface area contributed by atoms with Crippen molar-refractivity contribution in [1.29, 1.82) is 0 Å². The van der Waals surface area contributed by atoms with Crippen LogP contribution in [0.4, 0.5) is 11.4 Å². The van der Waals surface area contributed by atoms with Gasteiger partial charge < -0.3 is 20.1 Å². The lowest BCUT2D eigenvalue weighted by molar-refractivity contribution is 0.0697. The molecular weight excluding hydrogens is 356 g/mol. The van der Waals surface area contributed by atoms with Crippen LogP contribution in [0.15, 0.2) is 35.3 Å². The number of amidine groups is 1. The number of H-pyrrole nitrogens is 1. The number of nitrogens with one attached hydrogen (secondary N) is 2. The predicted octanol–water partition coefficient (Wildman–Crippen LogP) is 4.45. The van der Waals surface area contributed by atoms with Crippen LogP contribution in [-0.4, -0.2) is 33.0 Å². The van der Waals surface area contributed by atoms with Crippen molar-refractivity contribution in [3.8, 4) is 5.75 Å². The van der Waals surface area contributed by atoms with E-state index in [1.165, 1.54) is 0 Å². The second-order valence-electron chi connectivity index (χ2n) is 7.16. The van der Waals surface area contributed by atoms with Crippen molar-refractivity contribution >= 4 is 34.2 Å². The van der Waals surface area contributed by atoms with Gasteiger partial charge in [-0.15, -0.1) is 0 Å². The minimum absolute atomic E-state index is 0.0306. The summed E-state index contributed by atoms with van der Waals surface area (Å²) in [4.78, 5) is 24.0. The average molecular weight is 378 g/mol. The maximum atomic E-state index is 11.4. The fraction of sp³-hybridized carbons (Fsp3) is 0.286. The molecule has 0 spiro atoms. The van der Waals surface area contributed by atoms with Gasteiger partial charge in [0.15, 0.2) is 0 Å². The Balaban J connectivity index is 1.73. The van der Waals surface area contributed by atoms with Crippen LogP contribution in [0.2, 0.25) is 0 Å². The van der Waals surface area contributed by atoms with Crippen molar-refractivity contribution < 1.29 is 14.6 Å². The zero-order valence-corrected chi connectivity index (χ0v) is 16.0. The van der Waals surface area contributed by atoms with Crippen molar-refractivity contribution in [3.63, 3.8) is 0 Å². The Bertz CT molecular complexity index is 1100. The Morgan fingerprint density at radius 3 is 2.82 bits per heavy atom. The monoisotopic (exact) mass is 378 g/mol. The summed E-state index contributed by atoms with van der Waals surface area (Å²) in [6.07, 6.45) is 1.53. The molecule has 1 aromatic heterocycles. The van der Waals surface area contributed by atoms with Gasteiger partial charge in [0.2, 0.25) is 0 Å². The molecule has 3 N–H and O–H groups in total. The Labute approximate surface area is 162 Å². The molecule has 0 saturated carbocycles. The highest BCUT2D eigenvalue weighted by Crippen LogP contribution is 2.34. The Morgan fingerprint density at radius 1 is 1.25 bits per heavy atom. The topological polar surface area (TPSA) is 99.6 Å². The first-order chi connectivity index (χ1) is 13.4. The number of ether oxygens (including phenoxy) is 1. The molecule has 0 atom stereocenters. The van der Waals surface area contributed by atoms with Gasteiger partial charge in [-0.2, -0.15) is 0 Å². The van der Waals surface area contributed by atoms with Crippen molar-refractivity contribution in [1.82, 2.24) is 9.97 Å². The highest BCUT2D eigenvalue weighted by Gasteiger charge is 2.19. The van der Waals surface area contributed by atoms with E-state index in [1.807, 2.05) is 26.8 Å².